The van der Waals surface area contributed by atoms with Crippen LogP contribution in [0.15, 0.2) is 145 Å². The summed E-state index contributed by atoms with van der Waals surface area (Å²) in [6.45, 7) is 23.4. The number of allylic oxidation sites excluding steroid dienone is 2. The number of imidazole rings is 2. The van der Waals surface area contributed by atoms with Gasteiger partial charge in [-0.15, -0.1) is 13.2 Å². The summed E-state index contributed by atoms with van der Waals surface area (Å²) in [4.78, 5) is 84.9. The Labute approximate surface area is 528 Å². The summed E-state index contributed by atoms with van der Waals surface area (Å²) in [5.74, 6) is 1.76. The molecule has 2 aromatic carbocycles. The number of aromatic nitrogens is 14. The average molecular weight is 1240 g/mol. The highest BCUT2D eigenvalue weighted by molar-refractivity contribution is 5.78. The minimum Gasteiger partial charge on any atom is -0.390 e. The van der Waals surface area contributed by atoms with Crippen molar-refractivity contribution in [2.45, 2.75) is 98.8 Å². The SMILES string of the molecule is C.C=CCn1c(=O)c2cnc(Nc3ccc(CC[N+](C)(C)Cc4cn(C)c([N+](=O)[O-])n4)cc3)nc2n1-c1cccc(C(C)(C)C)n1.C=CCn1c(=O)c2cnc(Nc3ccc(CC[N+](C)(C)Cc4ncn(C)c4[N+](=O)[O-])cc3)nc2n1-c1cccc(C(C)(C)C)n1. The number of hydrogen-bond donors (Lipinski definition) is 2. The summed E-state index contributed by atoms with van der Waals surface area (Å²) in [6, 6.07) is 27.5. The van der Waals surface area contributed by atoms with Crippen LogP contribution in [0.25, 0.3) is 33.7 Å². The second-order valence-corrected chi connectivity index (χ2v) is 25.7. The first-order valence-corrected chi connectivity index (χ1v) is 29.3. The van der Waals surface area contributed by atoms with E-state index < -0.39 is 4.92 Å². The minimum absolute atomic E-state index is 0. The molecule has 8 aromatic heterocycles. The molecule has 0 aliphatic heterocycles. The van der Waals surface area contributed by atoms with Gasteiger partial charge in [0.1, 0.15) is 30.1 Å². The van der Waals surface area contributed by atoms with E-state index in [0.29, 0.717) is 79.0 Å². The van der Waals surface area contributed by atoms with E-state index in [1.54, 1.807) is 57.4 Å². The standard InChI is InChI=1S/2C32H38N10O3.CH4/c1-8-17-39-29(43)25-19-33-30(37-28(25)40(39)27-11-9-10-26(36-27)32(2,3)4)34-23-14-12-22(13-15-23)16-18-42(6,7)21-24-20-38(5)31(35-24)41(44)45;1-8-17-39-30(43)24-19-33-31(37-28(24)40(39)27-11-9-10-26(36-27)32(2,3)4)35-23-14-12-22(13-15-23)16-18-42(6,7)20-25-29(41(44)45)38(5)21-34-25;/h8-15,19-20H,1,16-18,21H2,2-7H3;8-15,19,21H,1,16-18,20H2,2-7H3;1H4/p+2. The van der Waals surface area contributed by atoms with Crippen LogP contribution < -0.4 is 21.8 Å². The Kier molecular flexibility index (Phi) is 19.6. The first-order chi connectivity index (χ1) is 42.5. The number of nitrogens with one attached hydrogen (secondary N) is 2. The molecule has 10 rings (SSSR count). The van der Waals surface area contributed by atoms with E-state index in [0.717, 1.165) is 59.8 Å². The van der Waals surface area contributed by atoms with Crippen molar-refractivity contribution < 1.29 is 18.8 Å². The Hall–Kier alpha value is -10.3. The molecule has 0 amide bonds. The number of rotatable bonds is 22. The molecule has 0 atom stereocenters. The van der Waals surface area contributed by atoms with Crippen LogP contribution in [0.5, 0.6) is 0 Å². The zero-order valence-corrected chi connectivity index (χ0v) is 53.1. The molecule has 0 radical (unpaired) electrons. The van der Waals surface area contributed by atoms with E-state index in [4.69, 9.17) is 19.9 Å². The lowest BCUT2D eigenvalue weighted by Gasteiger charge is -2.28. The number of quaternary nitrogens is 2. The average Bonchev–Trinajstić information content (AvgIpc) is 1.64. The summed E-state index contributed by atoms with van der Waals surface area (Å²) < 4.78 is 10.6. The van der Waals surface area contributed by atoms with Gasteiger partial charge in [0.05, 0.1) is 68.5 Å². The van der Waals surface area contributed by atoms with Crippen molar-refractivity contribution in [3.8, 4) is 11.6 Å². The zero-order chi connectivity index (χ0) is 65.0. The maximum Gasteiger partial charge on any atom is 0.434 e. The number of hydrogen-bond acceptors (Lipinski definition) is 16. The van der Waals surface area contributed by atoms with Gasteiger partial charge in [-0.1, -0.05) is 103 Å². The number of pyridine rings is 2. The van der Waals surface area contributed by atoms with Crippen molar-refractivity contribution in [3.05, 3.63) is 210 Å². The molecule has 26 nitrogen and oxygen atoms in total. The largest absolute Gasteiger partial charge is 0.434 e. The molecule has 0 aliphatic rings. The summed E-state index contributed by atoms with van der Waals surface area (Å²) in [7, 11) is 11.5. The predicted octanol–water partition coefficient (Wildman–Crippen LogP) is 9.97. The Morgan fingerprint density at radius 3 is 1.42 bits per heavy atom. The van der Waals surface area contributed by atoms with Gasteiger partial charge in [0.25, 0.3) is 11.1 Å². The lowest BCUT2D eigenvalue weighted by Crippen LogP contribution is -2.40. The molecule has 8 heterocycles. The van der Waals surface area contributed by atoms with Gasteiger partial charge < -0.3 is 39.8 Å². The topological polar surface area (TPSA) is 277 Å². The Balaban J connectivity index is 0.000000232. The van der Waals surface area contributed by atoms with Crippen LogP contribution in [-0.4, -0.2) is 128 Å². The lowest BCUT2D eigenvalue weighted by atomic mass is 9.92. The lowest BCUT2D eigenvalue weighted by molar-refractivity contribution is -0.903. The van der Waals surface area contributed by atoms with Crippen molar-refractivity contribution in [3.63, 3.8) is 0 Å². The van der Waals surface area contributed by atoms with Crippen LogP contribution in [0.3, 0.4) is 0 Å². The van der Waals surface area contributed by atoms with Crippen LogP contribution in [0, 0.1) is 20.2 Å². The highest BCUT2D eigenvalue weighted by atomic mass is 16.6. The molecular weight excluding hydrogens is 1160 g/mol. The Morgan fingerprint density at radius 1 is 0.582 bits per heavy atom. The van der Waals surface area contributed by atoms with E-state index in [1.807, 2.05) is 99.0 Å². The summed E-state index contributed by atoms with van der Waals surface area (Å²) in [6.07, 6.45) is 11.2. The quantitative estimate of drug-likeness (QED) is 0.0276. The summed E-state index contributed by atoms with van der Waals surface area (Å²) in [5, 5.41) is 29.9. The van der Waals surface area contributed by atoms with Crippen LogP contribution >= 0.6 is 0 Å². The first kappa shape index (κ1) is 66.6. The van der Waals surface area contributed by atoms with Gasteiger partial charge in [0.15, 0.2) is 35.0 Å². The second kappa shape index (κ2) is 26.8. The molecular formula is C65H82N20O6+2. The van der Waals surface area contributed by atoms with Crippen molar-refractivity contribution in [1.82, 2.24) is 67.7 Å². The molecule has 0 unspecified atom stereocenters. The summed E-state index contributed by atoms with van der Waals surface area (Å²) in [5.41, 5.74) is 6.95. The smallest absolute Gasteiger partial charge is 0.390 e. The molecule has 91 heavy (non-hydrogen) atoms. The van der Waals surface area contributed by atoms with E-state index >= 15 is 0 Å². The molecule has 0 fully saturated rings. The summed E-state index contributed by atoms with van der Waals surface area (Å²) >= 11 is 0. The van der Waals surface area contributed by atoms with Crippen molar-refractivity contribution >= 4 is 57.1 Å². The third kappa shape index (κ3) is 15.4. The molecule has 2 N–H and O–H groups in total. The first-order valence-electron chi connectivity index (χ1n) is 29.3. The minimum atomic E-state index is -0.469. The highest BCUT2D eigenvalue weighted by Crippen LogP contribution is 2.27. The monoisotopic (exact) mass is 1240 g/mol. The Morgan fingerprint density at radius 2 is 1.02 bits per heavy atom. The third-order valence-electron chi connectivity index (χ3n) is 15.2. The number of fused-ring (bicyclic) bond motifs is 2. The van der Waals surface area contributed by atoms with Crippen molar-refractivity contribution in [1.29, 1.82) is 0 Å². The second-order valence-electron chi connectivity index (χ2n) is 25.7. The van der Waals surface area contributed by atoms with Crippen LogP contribution in [0.2, 0.25) is 0 Å². The fourth-order valence-corrected chi connectivity index (χ4v) is 10.3. The van der Waals surface area contributed by atoms with Gasteiger partial charge in [-0.2, -0.15) is 9.97 Å². The number of benzene rings is 2. The number of likely N-dealkylation sites (N-methyl/N-ethyl adjacent to an activating group) is 2. The molecule has 0 saturated carbocycles. The molecule has 0 spiro atoms. The van der Waals surface area contributed by atoms with Gasteiger partial charge in [-0.05, 0) is 69.5 Å². The normalized spacial score (nSPS) is 11.9. The zero-order valence-electron chi connectivity index (χ0n) is 53.1. The van der Waals surface area contributed by atoms with E-state index in [9.17, 15) is 29.8 Å². The maximum absolute atomic E-state index is 13.3. The molecule has 476 valence electrons. The predicted molar refractivity (Wildman–Crippen MR) is 354 cm³/mol. The number of aryl methyl sites for hydroxylation is 2. The van der Waals surface area contributed by atoms with Crippen LogP contribution in [-0.2, 0) is 63.9 Å². The van der Waals surface area contributed by atoms with Crippen molar-refractivity contribution in [2.24, 2.45) is 14.1 Å². The van der Waals surface area contributed by atoms with Gasteiger partial charge in [0, 0.05) is 58.8 Å². The number of nitrogens with zero attached hydrogens (tertiary/aromatic N) is 18. The number of nitro groups is 2. The molecule has 10 aromatic rings. The molecule has 0 aliphatic carbocycles. The molecule has 0 bridgehead atoms. The van der Waals surface area contributed by atoms with Gasteiger partial charge in [-0.25, -0.2) is 52.8 Å². The fourth-order valence-electron chi connectivity index (χ4n) is 10.3. The maximum atomic E-state index is 13.3. The van der Waals surface area contributed by atoms with Crippen molar-refractivity contribution in [2.75, 3.05) is 51.9 Å². The number of anilines is 4. The third-order valence-corrected chi connectivity index (χ3v) is 15.2. The van der Waals surface area contributed by atoms with E-state index in [2.05, 4.69) is 99.4 Å². The fraction of sp³-hybridized carbons (Fsp3) is 0.354. The molecule has 26 heteroatoms. The van der Waals surface area contributed by atoms with Gasteiger partial charge in [0.2, 0.25) is 17.6 Å². The van der Waals surface area contributed by atoms with Crippen LogP contribution in [0.4, 0.5) is 35.0 Å². The van der Waals surface area contributed by atoms with Gasteiger partial charge in [-0.3, -0.25) is 9.59 Å². The highest BCUT2D eigenvalue weighted by Gasteiger charge is 2.29. The van der Waals surface area contributed by atoms with E-state index in [-0.39, 0.29) is 59.2 Å². The van der Waals surface area contributed by atoms with Gasteiger partial charge >= 0.3 is 11.8 Å². The Bertz CT molecular complexity index is 4420. The van der Waals surface area contributed by atoms with E-state index in [1.165, 1.54) is 21.7 Å². The van der Waals surface area contributed by atoms with Crippen LogP contribution in [0.1, 0.15) is 82.9 Å². The molecule has 0 saturated heterocycles.